The van der Waals surface area contributed by atoms with Gasteiger partial charge in [0.15, 0.2) is 5.76 Å². The molecule has 25 heavy (non-hydrogen) atoms. The number of carbonyl (C=O) groups excluding carboxylic acids is 1. The molecule has 9 nitrogen and oxygen atoms in total. The van der Waals surface area contributed by atoms with E-state index in [-0.39, 0.29) is 23.4 Å². The molecule has 2 aliphatic heterocycles. The zero-order chi connectivity index (χ0) is 18.0. The summed E-state index contributed by atoms with van der Waals surface area (Å²) in [5.74, 6) is 0.259. The summed E-state index contributed by atoms with van der Waals surface area (Å²) >= 11 is 0. The number of amides is 1. The molecule has 2 saturated heterocycles. The Bertz CT molecular complexity index is 707. The van der Waals surface area contributed by atoms with Crippen LogP contribution in [0.1, 0.15) is 17.9 Å². The Kier molecular flexibility index (Phi) is 5.42. The quantitative estimate of drug-likeness (QED) is 0.763. The van der Waals surface area contributed by atoms with E-state index in [0.29, 0.717) is 57.3 Å². The molecular weight excluding hydrogens is 348 g/mol. The molecule has 0 radical (unpaired) electrons. The van der Waals surface area contributed by atoms with Gasteiger partial charge in [0.05, 0.1) is 13.2 Å². The van der Waals surface area contributed by atoms with Crippen molar-refractivity contribution in [3.63, 3.8) is 0 Å². The highest BCUT2D eigenvalue weighted by Gasteiger charge is 2.34. The Hall–Kier alpha value is -1.49. The molecule has 1 N–H and O–H groups in total. The van der Waals surface area contributed by atoms with Gasteiger partial charge in [-0.25, -0.2) is 8.42 Å². The second kappa shape index (κ2) is 7.40. The lowest BCUT2D eigenvalue weighted by Gasteiger charge is -2.29. The molecule has 0 saturated carbocycles. The minimum Gasteiger partial charge on any atom is -0.378 e. The molecule has 3 rings (SSSR count). The first-order valence-corrected chi connectivity index (χ1v) is 9.88. The average Bonchev–Trinajstić information content (AvgIpc) is 2.81. The van der Waals surface area contributed by atoms with Gasteiger partial charge in [0.25, 0.3) is 0 Å². The Balaban J connectivity index is 1.70. The Labute approximate surface area is 147 Å². The van der Waals surface area contributed by atoms with Crippen LogP contribution in [0, 0.1) is 13.8 Å². The van der Waals surface area contributed by atoms with Crippen LogP contribution in [0.5, 0.6) is 0 Å². The molecule has 140 valence electrons. The van der Waals surface area contributed by atoms with Crippen molar-refractivity contribution in [2.24, 2.45) is 0 Å². The Morgan fingerprint density at radius 3 is 2.68 bits per heavy atom. The third-order valence-electron chi connectivity index (χ3n) is 4.55. The van der Waals surface area contributed by atoms with Gasteiger partial charge in [0.2, 0.25) is 15.9 Å². The standard InChI is InChI=1S/C15H24N4O5S/c1-11-14(12(2)24-17-11)25(21,22)19-6-3-5-18(7-8-19)15(20)13-10-23-9-4-16-13/h13,16H,3-10H2,1-2H3. The van der Waals surface area contributed by atoms with E-state index in [1.165, 1.54) is 4.31 Å². The summed E-state index contributed by atoms with van der Waals surface area (Å²) in [4.78, 5) is 14.4. The highest BCUT2D eigenvalue weighted by molar-refractivity contribution is 7.89. The van der Waals surface area contributed by atoms with Gasteiger partial charge in [0, 0.05) is 32.7 Å². The van der Waals surface area contributed by atoms with Crippen LogP contribution in [0.15, 0.2) is 9.42 Å². The van der Waals surface area contributed by atoms with Crippen molar-refractivity contribution in [2.75, 3.05) is 45.9 Å². The maximum atomic E-state index is 12.9. The first kappa shape index (κ1) is 18.3. The molecule has 0 aromatic carbocycles. The van der Waals surface area contributed by atoms with E-state index >= 15 is 0 Å². The Morgan fingerprint density at radius 2 is 2.04 bits per heavy atom. The summed E-state index contributed by atoms with van der Waals surface area (Å²) in [7, 11) is -3.68. The number of morpholine rings is 1. The number of nitrogens with zero attached hydrogens (tertiary/aromatic N) is 3. The van der Waals surface area contributed by atoms with Gasteiger partial charge >= 0.3 is 0 Å². The van der Waals surface area contributed by atoms with Crippen molar-refractivity contribution in [2.45, 2.75) is 31.2 Å². The zero-order valence-corrected chi connectivity index (χ0v) is 15.3. The lowest BCUT2D eigenvalue weighted by atomic mass is 10.2. The predicted molar refractivity (Wildman–Crippen MR) is 88.5 cm³/mol. The van der Waals surface area contributed by atoms with Crippen LogP contribution in [-0.2, 0) is 19.6 Å². The first-order valence-electron chi connectivity index (χ1n) is 8.44. The van der Waals surface area contributed by atoms with Gasteiger partial charge < -0.3 is 19.5 Å². The summed E-state index contributed by atoms with van der Waals surface area (Å²) in [5.41, 5.74) is 0.359. The van der Waals surface area contributed by atoms with Crippen LogP contribution in [0.4, 0.5) is 0 Å². The van der Waals surface area contributed by atoms with Gasteiger partial charge in [0.1, 0.15) is 16.6 Å². The number of carbonyl (C=O) groups is 1. The minimum atomic E-state index is -3.68. The summed E-state index contributed by atoms with van der Waals surface area (Å²) < 4.78 is 37.6. The van der Waals surface area contributed by atoms with E-state index in [9.17, 15) is 13.2 Å². The topological polar surface area (TPSA) is 105 Å². The Morgan fingerprint density at radius 1 is 1.24 bits per heavy atom. The molecule has 2 aliphatic rings. The van der Waals surface area contributed by atoms with E-state index in [1.807, 2.05) is 0 Å². The van der Waals surface area contributed by atoms with E-state index in [2.05, 4.69) is 10.5 Å². The molecule has 1 amide bonds. The SMILES string of the molecule is Cc1noc(C)c1S(=O)(=O)N1CCCN(C(=O)C2COCCN2)CC1. The number of nitrogens with one attached hydrogen (secondary N) is 1. The van der Waals surface area contributed by atoms with Gasteiger partial charge in [-0.05, 0) is 20.3 Å². The molecule has 1 aromatic rings. The number of aryl methyl sites for hydroxylation is 2. The molecule has 2 fully saturated rings. The number of ether oxygens (including phenoxy) is 1. The van der Waals surface area contributed by atoms with Crippen molar-refractivity contribution < 1.29 is 22.5 Å². The van der Waals surface area contributed by atoms with Crippen LogP contribution >= 0.6 is 0 Å². The summed E-state index contributed by atoms with van der Waals surface area (Å²) in [5, 5.41) is 6.88. The second-order valence-corrected chi connectivity index (χ2v) is 8.19. The van der Waals surface area contributed by atoms with Crippen LogP contribution < -0.4 is 5.32 Å². The smallest absolute Gasteiger partial charge is 0.248 e. The van der Waals surface area contributed by atoms with Gasteiger partial charge in [-0.15, -0.1) is 0 Å². The van der Waals surface area contributed by atoms with Crippen LogP contribution in [-0.4, -0.2) is 80.7 Å². The molecule has 0 bridgehead atoms. The van der Waals surface area contributed by atoms with Gasteiger partial charge in [-0.1, -0.05) is 5.16 Å². The highest BCUT2D eigenvalue weighted by Crippen LogP contribution is 2.24. The van der Waals surface area contributed by atoms with Crippen molar-refractivity contribution in [1.82, 2.24) is 19.7 Å². The fourth-order valence-electron chi connectivity index (χ4n) is 3.27. The number of hydrogen-bond acceptors (Lipinski definition) is 7. The summed E-state index contributed by atoms with van der Waals surface area (Å²) in [6, 6.07) is -0.348. The third-order valence-corrected chi connectivity index (χ3v) is 6.70. The van der Waals surface area contributed by atoms with Crippen molar-refractivity contribution in [1.29, 1.82) is 0 Å². The lowest BCUT2D eigenvalue weighted by Crippen LogP contribution is -2.53. The largest absolute Gasteiger partial charge is 0.378 e. The molecule has 10 heteroatoms. The van der Waals surface area contributed by atoms with E-state index in [4.69, 9.17) is 9.26 Å². The number of hydrogen-bond donors (Lipinski definition) is 1. The summed E-state index contributed by atoms with van der Waals surface area (Å²) in [6.45, 7) is 6.34. The molecule has 3 heterocycles. The van der Waals surface area contributed by atoms with Crippen molar-refractivity contribution >= 4 is 15.9 Å². The molecule has 1 unspecified atom stereocenters. The fraction of sp³-hybridized carbons (Fsp3) is 0.733. The van der Waals surface area contributed by atoms with Crippen LogP contribution in [0.2, 0.25) is 0 Å². The van der Waals surface area contributed by atoms with Crippen LogP contribution in [0.25, 0.3) is 0 Å². The molecule has 0 spiro atoms. The van der Waals surface area contributed by atoms with Gasteiger partial charge in [-0.3, -0.25) is 4.79 Å². The number of rotatable bonds is 3. The monoisotopic (exact) mass is 372 g/mol. The molecule has 0 aliphatic carbocycles. The first-order chi connectivity index (χ1) is 11.9. The fourth-order valence-corrected chi connectivity index (χ4v) is 5.03. The molecule has 1 atom stereocenters. The van der Waals surface area contributed by atoms with E-state index in [1.54, 1.807) is 18.7 Å². The number of sulfonamides is 1. The molecular formula is C15H24N4O5S. The van der Waals surface area contributed by atoms with E-state index in [0.717, 1.165) is 0 Å². The third kappa shape index (κ3) is 3.71. The second-order valence-electron chi connectivity index (χ2n) is 6.32. The lowest BCUT2D eigenvalue weighted by molar-refractivity contribution is -0.136. The van der Waals surface area contributed by atoms with Crippen LogP contribution in [0.3, 0.4) is 0 Å². The highest BCUT2D eigenvalue weighted by atomic mass is 32.2. The normalized spacial score (nSPS) is 23.4. The van der Waals surface area contributed by atoms with E-state index < -0.39 is 10.0 Å². The molecule has 1 aromatic heterocycles. The zero-order valence-electron chi connectivity index (χ0n) is 14.5. The average molecular weight is 372 g/mol. The van der Waals surface area contributed by atoms with Gasteiger partial charge in [-0.2, -0.15) is 4.31 Å². The predicted octanol–water partition coefficient (Wildman–Crippen LogP) is -0.497. The summed E-state index contributed by atoms with van der Waals surface area (Å²) in [6.07, 6.45) is 0.585. The maximum absolute atomic E-state index is 12.9. The minimum absolute atomic E-state index is 0.0312. The number of aromatic nitrogens is 1. The maximum Gasteiger partial charge on any atom is 0.248 e. The van der Waals surface area contributed by atoms with Crippen molar-refractivity contribution in [3.05, 3.63) is 11.5 Å². The van der Waals surface area contributed by atoms with Crippen molar-refractivity contribution in [3.8, 4) is 0 Å².